The second-order valence-electron chi connectivity index (χ2n) is 5.45. The van der Waals surface area contributed by atoms with Gasteiger partial charge >= 0.3 is 0 Å². The molecule has 0 heterocycles. The van der Waals surface area contributed by atoms with Crippen LogP contribution in [0.2, 0.25) is 0 Å². The highest BCUT2D eigenvalue weighted by atomic mass is 16.3. The fourth-order valence-electron chi connectivity index (χ4n) is 2.41. The molecule has 1 aliphatic rings. The lowest BCUT2D eigenvalue weighted by molar-refractivity contribution is 0.0302. The highest BCUT2D eigenvalue weighted by molar-refractivity contribution is 4.81. The summed E-state index contributed by atoms with van der Waals surface area (Å²) in [5, 5.41) is 13.6. The number of likely N-dealkylation sites (N-methyl/N-ethyl adjacent to an activating group) is 1. The first kappa shape index (κ1) is 12.9. The van der Waals surface area contributed by atoms with Gasteiger partial charge in [0.1, 0.15) is 0 Å². The van der Waals surface area contributed by atoms with E-state index < -0.39 is 5.60 Å². The van der Waals surface area contributed by atoms with Gasteiger partial charge in [-0.3, -0.25) is 0 Å². The van der Waals surface area contributed by atoms with E-state index in [9.17, 15) is 5.11 Å². The summed E-state index contributed by atoms with van der Waals surface area (Å²) in [6.45, 7) is 3.32. The molecule has 0 aromatic heterocycles. The van der Waals surface area contributed by atoms with E-state index in [1.807, 2.05) is 25.9 Å². The third-order valence-electron chi connectivity index (χ3n) is 3.03. The SMILES string of the molecule is CN(C)CC(C)(O)CNC1CCCCC1. The predicted octanol–water partition coefficient (Wildman–Crippen LogP) is 1.22. The first-order chi connectivity index (χ1) is 6.99. The van der Waals surface area contributed by atoms with Gasteiger partial charge in [0.25, 0.3) is 0 Å². The molecule has 0 amide bonds. The van der Waals surface area contributed by atoms with Crippen LogP contribution in [0.5, 0.6) is 0 Å². The van der Waals surface area contributed by atoms with Crippen molar-refractivity contribution in [1.29, 1.82) is 0 Å². The Balaban J connectivity index is 2.21. The van der Waals surface area contributed by atoms with Crippen LogP contribution in [-0.2, 0) is 0 Å². The minimum absolute atomic E-state index is 0.610. The largest absolute Gasteiger partial charge is 0.388 e. The Bertz CT molecular complexity index is 174. The van der Waals surface area contributed by atoms with Crippen molar-refractivity contribution in [1.82, 2.24) is 10.2 Å². The molecule has 90 valence electrons. The molecule has 0 radical (unpaired) electrons. The molecular weight excluding hydrogens is 188 g/mol. The summed E-state index contributed by atoms with van der Waals surface area (Å²) in [7, 11) is 3.99. The molecule has 1 atom stereocenters. The number of aliphatic hydroxyl groups is 1. The van der Waals surface area contributed by atoms with Crippen molar-refractivity contribution in [2.24, 2.45) is 0 Å². The van der Waals surface area contributed by atoms with Crippen molar-refractivity contribution >= 4 is 0 Å². The van der Waals surface area contributed by atoms with Gasteiger partial charge in [-0.15, -0.1) is 0 Å². The fourth-order valence-corrected chi connectivity index (χ4v) is 2.41. The molecule has 0 saturated heterocycles. The van der Waals surface area contributed by atoms with Crippen LogP contribution < -0.4 is 5.32 Å². The zero-order chi connectivity index (χ0) is 11.3. The summed E-state index contributed by atoms with van der Waals surface area (Å²) >= 11 is 0. The average Bonchev–Trinajstić information content (AvgIpc) is 2.15. The van der Waals surface area contributed by atoms with Crippen LogP contribution in [0.15, 0.2) is 0 Å². The molecule has 0 aliphatic heterocycles. The molecule has 1 fully saturated rings. The van der Waals surface area contributed by atoms with E-state index in [0.717, 1.165) is 0 Å². The van der Waals surface area contributed by atoms with Gasteiger partial charge in [0, 0.05) is 19.1 Å². The first-order valence-electron chi connectivity index (χ1n) is 6.10. The number of hydrogen-bond donors (Lipinski definition) is 2. The van der Waals surface area contributed by atoms with E-state index in [-0.39, 0.29) is 0 Å². The van der Waals surface area contributed by atoms with E-state index in [2.05, 4.69) is 5.32 Å². The highest BCUT2D eigenvalue weighted by Gasteiger charge is 2.23. The summed E-state index contributed by atoms with van der Waals surface area (Å²) in [5.41, 5.74) is -0.610. The van der Waals surface area contributed by atoms with E-state index in [0.29, 0.717) is 19.1 Å². The number of hydrogen-bond acceptors (Lipinski definition) is 3. The summed E-state index contributed by atoms with van der Waals surface area (Å²) in [6, 6.07) is 0.632. The Labute approximate surface area is 93.9 Å². The zero-order valence-electron chi connectivity index (χ0n) is 10.4. The molecule has 2 N–H and O–H groups in total. The lowest BCUT2D eigenvalue weighted by atomic mass is 9.94. The van der Waals surface area contributed by atoms with Gasteiger partial charge in [-0.05, 0) is 33.9 Å². The number of nitrogens with one attached hydrogen (secondary N) is 1. The summed E-state index contributed by atoms with van der Waals surface area (Å²) < 4.78 is 0. The van der Waals surface area contributed by atoms with Crippen molar-refractivity contribution in [2.45, 2.75) is 50.7 Å². The van der Waals surface area contributed by atoms with Crippen LogP contribution in [0.1, 0.15) is 39.0 Å². The molecule has 15 heavy (non-hydrogen) atoms. The van der Waals surface area contributed by atoms with Gasteiger partial charge in [-0.2, -0.15) is 0 Å². The Morgan fingerprint density at radius 3 is 2.40 bits per heavy atom. The van der Waals surface area contributed by atoms with E-state index in [1.54, 1.807) is 0 Å². The third-order valence-corrected chi connectivity index (χ3v) is 3.03. The predicted molar refractivity (Wildman–Crippen MR) is 64.1 cm³/mol. The third kappa shape index (κ3) is 5.50. The Hall–Kier alpha value is -0.120. The van der Waals surface area contributed by atoms with Gasteiger partial charge in [0.15, 0.2) is 0 Å². The maximum absolute atomic E-state index is 10.1. The van der Waals surface area contributed by atoms with Crippen molar-refractivity contribution in [3.05, 3.63) is 0 Å². The highest BCUT2D eigenvalue weighted by Crippen LogP contribution is 2.17. The van der Waals surface area contributed by atoms with Crippen LogP contribution in [0.3, 0.4) is 0 Å². The summed E-state index contributed by atoms with van der Waals surface area (Å²) in [4.78, 5) is 2.03. The van der Waals surface area contributed by atoms with Crippen LogP contribution in [0, 0.1) is 0 Å². The molecule has 1 unspecified atom stereocenters. The van der Waals surface area contributed by atoms with Crippen LogP contribution in [-0.4, -0.2) is 48.8 Å². The Morgan fingerprint density at radius 1 is 1.27 bits per heavy atom. The standard InChI is InChI=1S/C12H26N2O/c1-12(15,10-14(2)3)9-13-11-7-5-4-6-8-11/h11,13,15H,4-10H2,1-3H3. The van der Waals surface area contributed by atoms with Crippen LogP contribution >= 0.6 is 0 Å². The molecule has 1 saturated carbocycles. The summed E-state index contributed by atoms with van der Waals surface area (Å²) in [6.07, 6.45) is 6.61. The van der Waals surface area contributed by atoms with Gasteiger partial charge in [-0.1, -0.05) is 19.3 Å². The monoisotopic (exact) mass is 214 g/mol. The smallest absolute Gasteiger partial charge is 0.0869 e. The fraction of sp³-hybridized carbons (Fsp3) is 1.00. The maximum Gasteiger partial charge on any atom is 0.0869 e. The quantitative estimate of drug-likeness (QED) is 0.722. The number of rotatable bonds is 5. The van der Waals surface area contributed by atoms with E-state index in [4.69, 9.17) is 0 Å². The molecule has 1 aliphatic carbocycles. The molecule has 0 aromatic carbocycles. The number of nitrogens with zero attached hydrogens (tertiary/aromatic N) is 1. The zero-order valence-corrected chi connectivity index (χ0v) is 10.4. The van der Waals surface area contributed by atoms with Crippen molar-refractivity contribution in [3.8, 4) is 0 Å². The molecule has 1 rings (SSSR count). The molecule has 3 heteroatoms. The normalized spacial score (nSPS) is 23.0. The lowest BCUT2D eigenvalue weighted by Gasteiger charge is -2.31. The van der Waals surface area contributed by atoms with Crippen LogP contribution in [0.25, 0.3) is 0 Å². The van der Waals surface area contributed by atoms with Gasteiger partial charge in [0.2, 0.25) is 0 Å². The average molecular weight is 214 g/mol. The van der Waals surface area contributed by atoms with Crippen molar-refractivity contribution in [2.75, 3.05) is 27.2 Å². The van der Waals surface area contributed by atoms with Gasteiger partial charge in [0.05, 0.1) is 5.60 Å². The minimum Gasteiger partial charge on any atom is -0.388 e. The lowest BCUT2D eigenvalue weighted by Crippen LogP contribution is -2.48. The molecule has 0 spiro atoms. The molecular formula is C12H26N2O. The van der Waals surface area contributed by atoms with E-state index in [1.165, 1.54) is 32.1 Å². The second kappa shape index (κ2) is 5.83. The maximum atomic E-state index is 10.1. The van der Waals surface area contributed by atoms with Crippen molar-refractivity contribution in [3.63, 3.8) is 0 Å². The Morgan fingerprint density at radius 2 is 1.87 bits per heavy atom. The van der Waals surface area contributed by atoms with Gasteiger partial charge in [-0.25, -0.2) is 0 Å². The first-order valence-corrected chi connectivity index (χ1v) is 6.10. The second-order valence-corrected chi connectivity index (χ2v) is 5.45. The van der Waals surface area contributed by atoms with E-state index >= 15 is 0 Å². The van der Waals surface area contributed by atoms with Crippen molar-refractivity contribution < 1.29 is 5.11 Å². The van der Waals surface area contributed by atoms with Gasteiger partial charge < -0.3 is 15.3 Å². The molecule has 0 bridgehead atoms. The Kier molecular flexibility index (Phi) is 5.03. The minimum atomic E-state index is -0.610. The molecule has 0 aromatic rings. The van der Waals surface area contributed by atoms with Crippen LogP contribution in [0.4, 0.5) is 0 Å². The summed E-state index contributed by atoms with van der Waals surface area (Å²) in [5.74, 6) is 0. The molecule has 3 nitrogen and oxygen atoms in total. The topological polar surface area (TPSA) is 35.5 Å².